The lowest BCUT2D eigenvalue weighted by Gasteiger charge is -2.17. The highest BCUT2D eigenvalue weighted by atomic mass is 19.1. The standard InChI is InChI=1S/C24H33F2N3O5/c1-13(2)7-8-15(9-20(30)31)27-24(32)18-11-19(29(28-18)12-14(3)4)21-22(33-5)16(25)10-17(26)23(21)34-6/h10-11,13-15H,7-9,12H2,1-6H3,(H,27,32)(H,30,31)/t15-/m0/s1. The summed E-state index contributed by atoms with van der Waals surface area (Å²) in [4.78, 5) is 24.3. The van der Waals surface area contributed by atoms with Crippen LogP contribution in [0.15, 0.2) is 12.1 Å². The first-order valence-electron chi connectivity index (χ1n) is 11.2. The molecule has 0 aliphatic carbocycles. The molecule has 1 heterocycles. The van der Waals surface area contributed by atoms with Crippen LogP contribution in [0.25, 0.3) is 11.3 Å². The first kappa shape index (κ1) is 27.1. The van der Waals surface area contributed by atoms with E-state index in [-0.39, 0.29) is 40.8 Å². The summed E-state index contributed by atoms with van der Waals surface area (Å²) < 4.78 is 40.9. The van der Waals surface area contributed by atoms with Crippen LogP contribution in [0.3, 0.4) is 0 Å². The van der Waals surface area contributed by atoms with Crippen LogP contribution in [0, 0.1) is 23.5 Å². The summed E-state index contributed by atoms with van der Waals surface area (Å²) in [6, 6.07) is 1.49. The molecular weight excluding hydrogens is 448 g/mol. The van der Waals surface area contributed by atoms with E-state index in [1.807, 2.05) is 27.7 Å². The molecule has 8 nitrogen and oxygen atoms in total. The van der Waals surface area contributed by atoms with Gasteiger partial charge in [0.2, 0.25) is 0 Å². The monoisotopic (exact) mass is 481 g/mol. The molecule has 0 bridgehead atoms. The van der Waals surface area contributed by atoms with Crippen LogP contribution in [0.2, 0.25) is 0 Å². The predicted octanol–water partition coefficient (Wildman–Crippen LogP) is 4.51. The molecule has 1 amide bonds. The van der Waals surface area contributed by atoms with Crippen molar-refractivity contribution in [2.45, 2.75) is 59.5 Å². The number of aromatic nitrogens is 2. The number of methoxy groups -OCH3 is 2. The van der Waals surface area contributed by atoms with Crippen LogP contribution in [0.4, 0.5) is 8.78 Å². The first-order chi connectivity index (χ1) is 16.0. The van der Waals surface area contributed by atoms with E-state index in [0.717, 1.165) is 6.42 Å². The Bertz CT molecular complexity index is 992. The Labute approximate surface area is 198 Å². The summed E-state index contributed by atoms with van der Waals surface area (Å²) in [5, 5.41) is 16.3. The van der Waals surface area contributed by atoms with Crippen molar-refractivity contribution >= 4 is 11.9 Å². The van der Waals surface area contributed by atoms with E-state index in [2.05, 4.69) is 10.4 Å². The summed E-state index contributed by atoms with van der Waals surface area (Å²) in [6.07, 6.45) is 1.00. The van der Waals surface area contributed by atoms with Crippen molar-refractivity contribution < 1.29 is 33.0 Å². The van der Waals surface area contributed by atoms with E-state index in [9.17, 15) is 23.5 Å². The van der Waals surface area contributed by atoms with Gasteiger partial charge in [0.15, 0.2) is 28.8 Å². The number of ether oxygens (including phenoxy) is 2. The van der Waals surface area contributed by atoms with Crippen molar-refractivity contribution in [3.63, 3.8) is 0 Å². The lowest BCUT2D eigenvalue weighted by atomic mass is 10.0. The van der Waals surface area contributed by atoms with Crippen molar-refractivity contribution in [3.05, 3.63) is 29.5 Å². The van der Waals surface area contributed by atoms with Crippen molar-refractivity contribution in [3.8, 4) is 22.8 Å². The molecule has 2 aromatic rings. The molecule has 2 N–H and O–H groups in total. The van der Waals surface area contributed by atoms with E-state index in [4.69, 9.17) is 9.47 Å². The number of halogens is 2. The van der Waals surface area contributed by atoms with Gasteiger partial charge >= 0.3 is 5.97 Å². The third kappa shape index (κ3) is 6.68. The maximum Gasteiger partial charge on any atom is 0.305 e. The number of carboxylic acids is 1. The van der Waals surface area contributed by atoms with Crippen LogP contribution in [-0.2, 0) is 11.3 Å². The fraction of sp³-hybridized carbons (Fsp3) is 0.542. The zero-order valence-corrected chi connectivity index (χ0v) is 20.4. The molecule has 1 atom stereocenters. The van der Waals surface area contributed by atoms with Crippen LogP contribution in [0.5, 0.6) is 11.5 Å². The smallest absolute Gasteiger partial charge is 0.305 e. The first-order valence-corrected chi connectivity index (χ1v) is 11.2. The zero-order chi connectivity index (χ0) is 25.6. The fourth-order valence-electron chi connectivity index (χ4n) is 3.66. The van der Waals surface area contributed by atoms with Gasteiger partial charge in [-0.15, -0.1) is 0 Å². The Kier molecular flexibility index (Phi) is 9.40. The van der Waals surface area contributed by atoms with Crippen molar-refractivity contribution in [1.82, 2.24) is 15.1 Å². The largest absolute Gasteiger partial charge is 0.493 e. The number of carbonyl (C=O) groups is 2. The van der Waals surface area contributed by atoms with Gasteiger partial charge < -0.3 is 19.9 Å². The van der Waals surface area contributed by atoms with Gasteiger partial charge in [0, 0.05) is 18.7 Å². The number of nitrogens with one attached hydrogen (secondary N) is 1. The molecule has 188 valence electrons. The van der Waals surface area contributed by atoms with E-state index in [1.165, 1.54) is 25.0 Å². The second-order valence-electron chi connectivity index (χ2n) is 9.01. The number of rotatable bonds is 12. The van der Waals surface area contributed by atoms with Gasteiger partial charge in [-0.1, -0.05) is 27.7 Å². The lowest BCUT2D eigenvalue weighted by molar-refractivity contribution is -0.137. The zero-order valence-electron chi connectivity index (χ0n) is 20.4. The second kappa shape index (κ2) is 11.8. The number of benzene rings is 1. The molecule has 0 saturated heterocycles. The average Bonchev–Trinajstić information content (AvgIpc) is 3.13. The molecule has 0 aliphatic heterocycles. The molecule has 0 unspecified atom stereocenters. The van der Waals surface area contributed by atoms with Gasteiger partial charge in [0.1, 0.15) is 0 Å². The minimum Gasteiger partial charge on any atom is -0.493 e. The quantitative estimate of drug-likeness (QED) is 0.462. The predicted molar refractivity (Wildman–Crippen MR) is 123 cm³/mol. The number of carbonyl (C=O) groups excluding carboxylic acids is 1. The SMILES string of the molecule is COc1c(F)cc(F)c(OC)c1-c1cc(C(=O)N[C@@H](CCC(C)C)CC(=O)O)nn1CC(C)C. The van der Waals surface area contributed by atoms with E-state index in [0.29, 0.717) is 24.9 Å². The molecule has 2 rings (SSSR count). The van der Waals surface area contributed by atoms with E-state index in [1.54, 1.807) is 0 Å². The summed E-state index contributed by atoms with van der Waals surface area (Å²) in [5.41, 5.74) is 0.226. The number of hydrogen-bond donors (Lipinski definition) is 2. The maximum absolute atomic E-state index is 14.5. The number of hydrogen-bond acceptors (Lipinski definition) is 5. The van der Waals surface area contributed by atoms with Gasteiger partial charge in [-0.25, -0.2) is 8.78 Å². The molecule has 10 heteroatoms. The van der Waals surface area contributed by atoms with E-state index < -0.39 is 29.6 Å². The molecule has 0 spiro atoms. The third-order valence-corrected chi connectivity index (χ3v) is 5.21. The Hall–Kier alpha value is -3.17. The normalized spacial score (nSPS) is 12.2. The minimum atomic E-state index is -1.02. The summed E-state index contributed by atoms with van der Waals surface area (Å²) in [7, 11) is 2.50. The molecule has 0 fully saturated rings. The summed E-state index contributed by atoms with van der Waals surface area (Å²) in [6.45, 7) is 8.23. The molecule has 1 aromatic carbocycles. The Balaban J connectivity index is 2.54. The third-order valence-electron chi connectivity index (χ3n) is 5.21. The Morgan fingerprint density at radius 1 is 1.03 bits per heavy atom. The van der Waals surface area contributed by atoms with Crippen molar-refractivity contribution in [1.29, 1.82) is 0 Å². The topological polar surface area (TPSA) is 103 Å². The Morgan fingerprint density at radius 3 is 2.09 bits per heavy atom. The Morgan fingerprint density at radius 2 is 1.62 bits per heavy atom. The molecule has 0 aliphatic rings. The minimum absolute atomic E-state index is 0.00315. The number of amides is 1. The van der Waals surface area contributed by atoms with Gasteiger partial charge in [-0.3, -0.25) is 14.3 Å². The highest BCUT2D eigenvalue weighted by Crippen LogP contribution is 2.42. The van der Waals surface area contributed by atoms with Crippen molar-refractivity contribution in [2.24, 2.45) is 11.8 Å². The molecule has 0 saturated carbocycles. The molecular formula is C24H33F2N3O5. The average molecular weight is 482 g/mol. The fourth-order valence-corrected chi connectivity index (χ4v) is 3.66. The van der Waals surface area contributed by atoms with Crippen LogP contribution >= 0.6 is 0 Å². The van der Waals surface area contributed by atoms with Crippen LogP contribution in [0.1, 0.15) is 57.4 Å². The highest BCUT2D eigenvalue weighted by Gasteiger charge is 2.27. The van der Waals surface area contributed by atoms with Gasteiger partial charge in [0.05, 0.1) is 31.9 Å². The maximum atomic E-state index is 14.5. The summed E-state index contributed by atoms with van der Waals surface area (Å²) in [5.74, 6) is -3.49. The second-order valence-corrected chi connectivity index (χ2v) is 9.01. The van der Waals surface area contributed by atoms with Gasteiger partial charge in [-0.05, 0) is 30.7 Å². The number of aliphatic carboxylic acids is 1. The van der Waals surface area contributed by atoms with Gasteiger partial charge in [0.25, 0.3) is 5.91 Å². The van der Waals surface area contributed by atoms with E-state index >= 15 is 0 Å². The lowest BCUT2D eigenvalue weighted by Crippen LogP contribution is -2.37. The van der Waals surface area contributed by atoms with Crippen LogP contribution in [-0.4, -0.2) is 47.0 Å². The van der Waals surface area contributed by atoms with Crippen molar-refractivity contribution in [2.75, 3.05) is 14.2 Å². The molecule has 0 radical (unpaired) electrons. The van der Waals surface area contributed by atoms with Gasteiger partial charge in [-0.2, -0.15) is 5.10 Å². The highest BCUT2D eigenvalue weighted by molar-refractivity contribution is 5.94. The molecule has 34 heavy (non-hydrogen) atoms. The molecule has 1 aromatic heterocycles. The van der Waals surface area contributed by atoms with Crippen LogP contribution < -0.4 is 14.8 Å². The summed E-state index contributed by atoms with van der Waals surface area (Å²) >= 11 is 0. The number of carboxylic acid groups (broad SMARTS) is 1. The number of nitrogens with zero attached hydrogens (tertiary/aromatic N) is 2.